The SMILES string of the molecule is CCCCCCOCCC(O)CN. The molecule has 0 aliphatic carbocycles. The molecule has 0 radical (unpaired) electrons. The number of hydrogen-bond acceptors (Lipinski definition) is 3. The van der Waals surface area contributed by atoms with Gasteiger partial charge in [0.05, 0.1) is 6.10 Å². The summed E-state index contributed by atoms with van der Waals surface area (Å²) >= 11 is 0. The molecule has 80 valence electrons. The highest BCUT2D eigenvalue weighted by Crippen LogP contribution is 1.99. The first-order chi connectivity index (χ1) is 6.31. The summed E-state index contributed by atoms with van der Waals surface area (Å²) in [6, 6.07) is 0. The summed E-state index contributed by atoms with van der Waals surface area (Å²) in [5, 5.41) is 9.09. The average Bonchev–Trinajstić information content (AvgIpc) is 2.16. The van der Waals surface area contributed by atoms with Gasteiger partial charge in [-0.25, -0.2) is 0 Å². The molecule has 3 heteroatoms. The highest BCUT2D eigenvalue weighted by Gasteiger charge is 1.99. The minimum Gasteiger partial charge on any atom is -0.392 e. The largest absolute Gasteiger partial charge is 0.392 e. The first-order valence-corrected chi connectivity index (χ1v) is 5.27. The molecule has 0 heterocycles. The highest BCUT2D eigenvalue weighted by atomic mass is 16.5. The van der Waals surface area contributed by atoms with Gasteiger partial charge in [-0.15, -0.1) is 0 Å². The first-order valence-electron chi connectivity index (χ1n) is 5.27. The number of hydrogen-bond donors (Lipinski definition) is 2. The lowest BCUT2D eigenvalue weighted by Crippen LogP contribution is -2.21. The van der Waals surface area contributed by atoms with Crippen LogP contribution in [0, 0.1) is 0 Å². The lowest BCUT2D eigenvalue weighted by molar-refractivity contribution is 0.0832. The van der Waals surface area contributed by atoms with Crippen LogP contribution in [0.25, 0.3) is 0 Å². The Labute approximate surface area is 81.3 Å². The van der Waals surface area contributed by atoms with Gasteiger partial charge in [-0.05, 0) is 12.8 Å². The zero-order chi connectivity index (χ0) is 9.94. The molecule has 0 amide bonds. The molecule has 0 spiro atoms. The average molecular weight is 189 g/mol. The molecule has 0 aliphatic heterocycles. The maximum atomic E-state index is 9.09. The number of ether oxygens (including phenoxy) is 1. The van der Waals surface area contributed by atoms with Crippen molar-refractivity contribution in [2.45, 2.75) is 45.1 Å². The predicted octanol–water partition coefficient (Wildman–Crippen LogP) is 1.29. The van der Waals surface area contributed by atoms with Crippen LogP contribution >= 0.6 is 0 Å². The van der Waals surface area contributed by atoms with Gasteiger partial charge >= 0.3 is 0 Å². The monoisotopic (exact) mass is 189 g/mol. The van der Waals surface area contributed by atoms with Crippen molar-refractivity contribution in [1.82, 2.24) is 0 Å². The molecule has 0 bridgehead atoms. The molecule has 0 saturated heterocycles. The summed E-state index contributed by atoms with van der Waals surface area (Å²) in [5.74, 6) is 0. The Bertz CT molecular complexity index is 98.9. The van der Waals surface area contributed by atoms with E-state index < -0.39 is 6.10 Å². The van der Waals surface area contributed by atoms with Crippen molar-refractivity contribution in [3.05, 3.63) is 0 Å². The quantitative estimate of drug-likeness (QED) is 0.537. The van der Waals surface area contributed by atoms with Crippen molar-refractivity contribution in [2.75, 3.05) is 19.8 Å². The van der Waals surface area contributed by atoms with Crippen LogP contribution < -0.4 is 5.73 Å². The second-order valence-corrected chi connectivity index (χ2v) is 3.35. The van der Waals surface area contributed by atoms with Crippen molar-refractivity contribution in [2.24, 2.45) is 5.73 Å². The zero-order valence-electron chi connectivity index (χ0n) is 8.67. The topological polar surface area (TPSA) is 55.5 Å². The molecule has 0 saturated carbocycles. The van der Waals surface area contributed by atoms with E-state index in [1.54, 1.807) is 0 Å². The molecule has 0 rings (SSSR count). The van der Waals surface area contributed by atoms with E-state index in [4.69, 9.17) is 15.6 Å². The Kier molecular flexibility index (Phi) is 9.87. The van der Waals surface area contributed by atoms with Gasteiger partial charge in [0, 0.05) is 19.8 Å². The zero-order valence-corrected chi connectivity index (χ0v) is 8.67. The first kappa shape index (κ1) is 12.9. The van der Waals surface area contributed by atoms with Crippen LogP contribution in [-0.2, 0) is 4.74 Å². The van der Waals surface area contributed by atoms with Crippen LogP contribution in [0.3, 0.4) is 0 Å². The summed E-state index contributed by atoms with van der Waals surface area (Å²) in [5.41, 5.74) is 5.25. The number of aliphatic hydroxyl groups excluding tert-OH is 1. The smallest absolute Gasteiger partial charge is 0.0684 e. The Morgan fingerprint density at radius 3 is 2.62 bits per heavy atom. The molecule has 1 atom stereocenters. The van der Waals surface area contributed by atoms with Crippen LogP contribution in [0.5, 0.6) is 0 Å². The van der Waals surface area contributed by atoms with Gasteiger partial charge in [0.25, 0.3) is 0 Å². The molecule has 3 nitrogen and oxygen atoms in total. The van der Waals surface area contributed by atoms with E-state index in [9.17, 15) is 0 Å². The number of aliphatic hydroxyl groups is 1. The summed E-state index contributed by atoms with van der Waals surface area (Å²) in [4.78, 5) is 0. The van der Waals surface area contributed by atoms with E-state index in [1.165, 1.54) is 19.3 Å². The third-order valence-corrected chi connectivity index (χ3v) is 2.01. The molecule has 0 aromatic rings. The Morgan fingerprint density at radius 1 is 1.23 bits per heavy atom. The van der Waals surface area contributed by atoms with Gasteiger partial charge in [-0.1, -0.05) is 26.2 Å². The fourth-order valence-corrected chi connectivity index (χ4v) is 1.07. The van der Waals surface area contributed by atoms with Gasteiger partial charge in [-0.3, -0.25) is 0 Å². The van der Waals surface area contributed by atoms with E-state index in [0.717, 1.165) is 13.0 Å². The molecule has 1 unspecified atom stereocenters. The minimum atomic E-state index is -0.393. The summed E-state index contributed by atoms with van der Waals surface area (Å²) in [6.45, 7) is 3.97. The molecule has 0 aromatic heterocycles. The standard InChI is InChI=1S/C10H23NO2/c1-2-3-4-5-7-13-8-6-10(12)9-11/h10,12H,2-9,11H2,1H3. The lowest BCUT2D eigenvalue weighted by atomic mass is 10.2. The van der Waals surface area contributed by atoms with E-state index in [2.05, 4.69) is 6.92 Å². The van der Waals surface area contributed by atoms with Crippen LogP contribution in [-0.4, -0.2) is 31.0 Å². The van der Waals surface area contributed by atoms with E-state index in [-0.39, 0.29) is 0 Å². The number of unbranched alkanes of at least 4 members (excludes halogenated alkanes) is 3. The van der Waals surface area contributed by atoms with E-state index in [0.29, 0.717) is 19.6 Å². The van der Waals surface area contributed by atoms with Gasteiger partial charge in [0.1, 0.15) is 0 Å². The lowest BCUT2D eigenvalue weighted by Gasteiger charge is -2.07. The van der Waals surface area contributed by atoms with Crippen molar-refractivity contribution in [3.8, 4) is 0 Å². The fraction of sp³-hybridized carbons (Fsp3) is 1.00. The molecular formula is C10H23NO2. The maximum Gasteiger partial charge on any atom is 0.0684 e. The Balaban J connectivity index is 2.91. The van der Waals surface area contributed by atoms with E-state index >= 15 is 0 Å². The normalized spacial score (nSPS) is 13.2. The van der Waals surface area contributed by atoms with Gasteiger partial charge in [0.15, 0.2) is 0 Å². The van der Waals surface area contributed by atoms with Crippen LogP contribution in [0.4, 0.5) is 0 Å². The summed E-state index contributed by atoms with van der Waals surface area (Å²) < 4.78 is 5.34. The highest BCUT2D eigenvalue weighted by molar-refractivity contribution is 4.53. The van der Waals surface area contributed by atoms with Crippen LogP contribution in [0.2, 0.25) is 0 Å². The van der Waals surface area contributed by atoms with Crippen molar-refractivity contribution in [1.29, 1.82) is 0 Å². The number of nitrogens with two attached hydrogens (primary N) is 1. The Hall–Kier alpha value is -0.120. The maximum absolute atomic E-state index is 9.09. The summed E-state index contributed by atoms with van der Waals surface area (Å²) in [6.07, 6.45) is 5.18. The third-order valence-electron chi connectivity index (χ3n) is 2.01. The fourth-order valence-electron chi connectivity index (χ4n) is 1.07. The summed E-state index contributed by atoms with van der Waals surface area (Å²) in [7, 11) is 0. The van der Waals surface area contributed by atoms with Gasteiger partial charge in [0.2, 0.25) is 0 Å². The van der Waals surface area contributed by atoms with Gasteiger partial charge < -0.3 is 15.6 Å². The van der Waals surface area contributed by atoms with Crippen molar-refractivity contribution in [3.63, 3.8) is 0 Å². The predicted molar refractivity (Wildman–Crippen MR) is 54.6 cm³/mol. The van der Waals surface area contributed by atoms with Crippen molar-refractivity contribution < 1.29 is 9.84 Å². The second-order valence-electron chi connectivity index (χ2n) is 3.35. The molecule has 3 N–H and O–H groups in total. The molecule has 13 heavy (non-hydrogen) atoms. The van der Waals surface area contributed by atoms with Crippen molar-refractivity contribution >= 4 is 0 Å². The molecule has 0 fully saturated rings. The van der Waals surface area contributed by atoms with Crippen LogP contribution in [0.15, 0.2) is 0 Å². The number of rotatable bonds is 9. The molecule has 0 aliphatic rings. The third kappa shape index (κ3) is 9.80. The minimum absolute atomic E-state index is 0.333. The van der Waals surface area contributed by atoms with E-state index in [1.807, 2.05) is 0 Å². The Morgan fingerprint density at radius 2 is 2.00 bits per heavy atom. The van der Waals surface area contributed by atoms with Gasteiger partial charge in [-0.2, -0.15) is 0 Å². The molecule has 0 aromatic carbocycles. The van der Waals surface area contributed by atoms with Crippen LogP contribution in [0.1, 0.15) is 39.0 Å². The molecular weight excluding hydrogens is 166 g/mol. The second kappa shape index (κ2) is 9.96.